The van der Waals surface area contributed by atoms with Gasteiger partial charge in [-0.3, -0.25) is 8.80 Å². The Morgan fingerprint density at radius 3 is 1.81 bits per heavy atom. The molecule has 2 saturated heterocycles. The van der Waals surface area contributed by atoms with Gasteiger partial charge in [-0.1, -0.05) is 34.8 Å². The Balaban J connectivity index is 0.000000173. The van der Waals surface area contributed by atoms with Crippen molar-refractivity contribution in [3.8, 4) is 23.0 Å². The van der Waals surface area contributed by atoms with Crippen molar-refractivity contribution in [2.45, 2.75) is 37.8 Å². The largest absolute Gasteiger partial charge is 1.00 e. The molecule has 0 bridgehead atoms. The first-order valence-corrected chi connectivity index (χ1v) is 17.4. The lowest BCUT2D eigenvalue weighted by Gasteiger charge is -2.24. The molecule has 2 fully saturated rings. The highest BCUT2D eigenvalue weighted by atomic mass is 35.5. The first-order valence-electron chi connectivity index (χ1n) is 16.3. The second kappa shape index (κ2) is 18.1. The zero-order valence-electron chi connectivity index (χ0n) is 28.7. The topological polar surface area (TPSA) is 159 Å². The number of methoxy groups -OCH3 is 2. The number of pyridine rings is 2. The first kappa shape index (κ1) is 40.4. The molecule has 8 rings (SSSR count). The van der Waals surface area contributed by atoms with Crippen molar-refractivity contribution in [1.82, 2.24) is 38.7 Å². The van der Waals surface area contributed by atoms with Gasteiger partial charge in [0.1, 0.15) is 61.6 Å². The molecule has 0 aromatic carbocycles. The minimum Gasteiger partial charge on any atom is -1.00 e. The van der Waals surface area contributed by atoms with E-state index in [4.69, 9.17) is 39.5 Å². The Bertz CT molecular complexity index is 2250. The minimum absolute atomic E-state index is 0. The maximum Gasteiger partial charge on any atom is 0.364 e. The van der Waals surface area contributed by atoms with E-state index in [1.54, 1.807) is 28.8 Å². The minimum atomic E-state index is -0.404. The van der Waals surface area contributed by atoms with Gasteiger partial charge in [0.2, 0.25) is 0 Å². The summed E-state index contributed by atoms with van der Waals surface area (Å²) < 4.78 is 39.4. The van der Waals surface area contributed by atoms with Crippen LogP contribution in [-0.4, -0.2) is 90.0 Å². The van der Waals surface area contributed by atoms with Crippen LogP contribution in [0.15, 0.2) is 61.2 Å². The van der Waals surface area contributed by atoms with Gasteiger partial charge >= 0.3 is 11.9 Å². The number of hydrogen-bond acceptors (Lipinski definition) is 11. The molecule has 0 amide bonds. The Hall–Kier alpha value is -4.74. The molecule has 20 heteroatoms. The molecule has 2 N–H and O–H groups in total. The molecule has 0 saturated carbocycles. The van der Waals surface area contributed by atoms with Crippen molar-refractivity contribution < 1.29 is 45.6 Å². The number of anilines is 1. The summed E-state index contributed by atoms with van der Waals surface area (Å²) in [6.07, 6.45) is 9.36. The van der Waals surface area contributed by atoms with Gasteiger partial charge in [-0.25, -0.2) is 48.3 Å². The van der Waals surface area contributed by atoms with E-state index < -0.39 is 11.9 Å². The van der Waals surface area contributed by atoms with Gasteiger partial charge in [0.25, 0.3) is 0 Å². The summed E-state index contributed by atoms with van der Waals surface area (Å²) in [6.45, 7) is 1.73. The number of quaternary nitrogens is 1. The predicted molar refractivity (Wildman–Crippen MR) is 192 cm³/mol. The number of fused-ring (bicyclic) bond motifs is 2. The summed E-state index contributed by atoms with van der Waals surface area (Å²) in [5.74, 6) is -0.0340. The molecule has 8 heterocycles. The number of nitrogens with two attached hydrogens (primary N) is 1. The van der Waals surface area contributed by atoms with Gasteiger partial charge in [0, 0.05) is 43.9 Å². The van der Waals surface area contributed by atoms with E-state index in [9.17, 15) is 18.4 Å². The number of carbonyl (C=O) groups excluding carboxylic acids is 2. The summed E-state index contributed by atoms with van der Waals surface area (Å²) in [4.78, 5) is 49.9. The van der Waals surface area contributed by atoms with E-state index in [2.05, 4.69) is 34.6 Å². The van der Waals surface area contributed by atoms with E-state index in [-0.39, 0.29) is 51.7 Å². The van der Waals surface area contributed by atoms with Crippen molar-refractivity contribution in [2.75, 3.05) is 32.2 Å². The van der Waals surface area contributed by atoms with Gasteiger partial charge in [0.15, 0.2) is 17.7 Å². The number of carbonyl (C=O) groups is 2. The molecule has 0 radical (unpaired) electrons. The number of halogens is 6. The fourth-order valence-electron chi connectivity index (χ4n) is 5.97. The van der Waals surface area contributed by atoms with Crippen LogP contribution in [0.2, 0.25) is 15.5 Å². The maximum atomic E-state index is 13.6. The molecular weight excluding hydrogens is 792 g/mol. The molecular formula is C34H32Cl4F2N10O4. The van der Waals surface area contributed by atoms with Crippen LogP contribution in [0, 0.1) is 11.6 Å². The van der Waals surface area contributed by atoms with Crippen molar-refractivity contribution in [3.05, 3.63) is 88.3 Å². The molecule has 0 spiro atoms. The van der Waals surface area contributed by atoms with Crippen LogP contribution < -0.4 is 22.6 Å². The number of esters is 2. The van der Waals surface area contributed by atoms with Crippen molar-refractivity contribution >= 4 is 63.9 Å². The second-order valence-corrected chi connectivity index (χ2v) is 13.0. The highest BCUT2D eigenvalue weighted by molar-refractivity contribution is 6.33. The lowest BCUT2D eigenvalue weighted by molar-refractivity contribution is -0.658. The van der Waals surface area contributed by atoms with Gasteiger partial charge in [0.05, 0.1) is 33.2 Å². The van der Waals surface area contributed by atoms with Gasteiger partial charge < -0.3 is 32.1 Å². The number of hydrogen-bond donors (Lipinski definition) is 1. The van der Waals surface area contributed by atoms with Crippen molar-refractivity contribution in [2.24, 2.45) is 0 Å². The third-order valence-corrected chi connectivity index (χ3v) is 9.02. The van der Waals surface area contributed by atoms with Crippen LogP contribution in [0.4, 0.5) is 14.6 Å². The summed E-state index contributed by atoms with van der Waals surface area (Å²) in [6, 6.07) is 8.52. The highest BCUT2D eigenvalue weighted by Crippen LogP contribution is 2.29. The Kier molecular flexibility index (Phi) is 13.5. The predicted octanol–water partition coefficient (Wildman–Crippen LogP) is 1.85. The number of rotatable bonds is 5. The zero-order valence-corrected chi connectivity index (χ0v) is 31.7. The molecule has 14 nitrogen and oxygen atoms in total. The first-order chi connectivity index (χ1) is 25.5. The summed E-state index contributed by atoms with van der Waals surface area (Å²) >= 11 is 17.8. The van der Waals surface area contributed by atoms with Gasteiger partial charge in [-0.15, -0.1) is 0 Å². The molecule has 0 unspecified atom stereocenters. The van der Waals surface area contributed by atoms with E-state index in [0.29, 0.717) is 53.1 Å². The summed E-state index contributed by atoms with van der Waals surface area (Å²) in [5.41, 5.74) is 2.19. The van der Waals surface area contributed by atoms with Gasteiger partial charge in [-0.2, -0.15) is 0 Å². The van der Waals surface area contributed by atoms with Crippen LogP contribution in [-0.2, 0) is 19.1 Å². The molecule has 2 aliphatic heterocycles. The van der Waals surface area contributed by atoms with E-state index in [1.807, 2.05) is 10.2 Å². The van der Waals surface area contributed by atoms with E-state index in [1.165, 1.54) is 55.4 Å². The van der Waals surface area contributed by atoms with Crippen LogP contribution in [0.1, 0.15) is 25.7 Å². The second-order valence-electron chi connectivity index (χ2n) is 11.8. The molecule has 54 heavy (non-hydrogen) atoms. The van der Waals surface area contributed by atoms with Crippen molar-refractivity contribution in [1.29, 1.82) is 0 Å². The van der Waals surface area contributed by atoms with E-state index in [0.717, 1.165) is 25.8 Å². The lowest BCUT2D eigenvalue weighted by atomic mass is 10.2. The Labute approximate surface area is 328 Å². The molecule has 6 aromatic heterocycles. The highest BCUT2D eigenvalue weighted by Gasteiger charge is 2.33. The Morgan fingerprint density at radius 2 is 1.30 bits per heavy atom. The molecule has 6 aromatic rings. The quantitative estimate of drug-likeness (QED) is 0.200. The number of aromatic nitrogens is 8. The number of nitrogens with zero attached hydrogens (tertiary/aromatic N) is 9. The zero-order chi connectivity index (χ0) is 37.6. The average Bonchev–Trinajstić information content (AvgIpc) is 3.97. The third kappa shape index (κ3) is 9.30. The van der Waals surface area contributed by atoms with E-state index >= 15 is 0 Å². The maximum absolute atomic E-state index is 13.6. The van der Waals surface area contributed by atoms with Crippen LogP contribution in [0.3, 0.4) is 0 Å². The molecule has 2 atom stereocenters. The van der Waals surface area contributed by atoms with Gasteiger partial charge in [-0.05, 0) is 37.1 Å². The Morgan fingerprint density at radius 1 is 0.759 bits per heavy atom. The van der Waals surface area contributed by atoms with Crippen LogP contribution in [0.25, 0.3) is 34.3 Å². The summed E-state index contributed by atoms with van der Waals surface area (Å²) in [5, 5.41) is 2.70. The number of imidazole rings is 2. The molecule has 284 valence electrons. The van der Waals surface area contributed by atoms with Crippen LogP contribution >= 0.6 is 34.8 Å². The monoisotopic (exact) mass is 822 g/mol. The fraction of sp³-hybridized carbons (Fsp3) is 0.294. The molecule has 0 aliphatic carbocycles. The SMILES string of the molecule is COC(=O)[C@@H]1CCCN1c1cc(Cl)nc(-c2cnc3ccc(F)cn23)n1.COC(=O)[C@@H]1CCC[NH2+]1.Fc1ccc2ncc(-c3nc(Cl)cc(Cl)n3)n2c1.[Cl-]. The average molecular weight is 825 g/mol. The number of ether oxygens (including phenoxy) is 2. The smallest absolute Gasteiger partial charge is 0.364 e. The van der Waals surface area contributed by atoms with Crippen LogP contribution in [0.5, 0.6) is 0 Å². The fourth-order valence-corrected chi connectivity index (χ4v) is 6.57. The normalized spacial score (nSPS) is 16.2. The standard InChI is InChI=1S/C17H15ClFN5O2.C11H5Cl2FN4.C6H11NO2.ClH/c1-26-17(25)11-3-2-6-23(11)15-7-13(18)21-16(22-15)12-8-20-14-5-4-10(19)9-24(12)14;12-8-3-9(13)17-11(16-8)7-4-15-10-2-1-6(14)5-18(7)10;1-9-6(8)5-3-2-4-7-5;/h4-5,7-9,11H,2-3,6H2,1H3;1-5H;5,7H,2-4H2,1H3;1H/t11-;;5-;/m0.0./s1. The summed E-state index contributed by atoms with van der Waals surface area (Å²) in [7, 11) is 2.80. The van der Waals surface area contributed by atoms with Crippen molar-refractivity contribution in [3.63, 3.8) is 0 Å². The third-order valence-electron chi connectivity index (χ3n) is 8.44. The lowest BCUT2D eigenvalue weighted by Crippen LogP contribution is -3.00. The molecule has 2 aliphatic rings.